The minimum atomic E-state index is -3.50. The maximum Gasteiger partial charge on any atom is 0.282 e. The first kappa shape index (κ1) is 22.9. The number of amides is 1. The van der Waals surface area contributed by atoms with Gasteiger partial charge in [-0.2, -0.15) is 17.0 Å². The molecule has 1 aromatic rings. The molecule has 5 aliphatic rings. The molecule has 0 spiro atoms. The highest BCUT2D eigenvalue weighted by atomic mass is 32.2. The van der Waals surface area contributed by atoms with E-state index in [2.05, 4.69) is 29.2 Å². The molecule has 1 aromatic heterocycles. The molecule has 5 atom stereocenters. The fourth-order valence-electron chi connectivity index (χ4n) is 6.84. The minimum absolute atomic E-state index is 0.0309. The van der Waals surface area contributed by atoms with Crippen molar-refractivity contribution >= 4 is 16.1 Å². The Labute approximate surface area is 202 Å². The van der Waals surface area contributed by atoms with E-state index in [9.17, 15) is 13.2 Å². The number of carbonyl (C=O) groups is 1. The minimum Gasteiger partial charge on any atom is -0.360 e. The molecule has 2 unspecified atom stereocenters. The van der Waals surface area contributed by atoms with E-state index in [1.165, 1.54) is 0 Å². The number of aromatic nitrogens is 1. The molecule has 0 aromatic carbocycles. The Kier molecular flexibility index (Phi) is 5.78. The predicted octanol–water partition coefficient (Wildman–Crippen LogP) is 2.33. The van der Waals surface area contributed by atoms with E-state index in [1.54, 1.807) is 14.7 Å². The summed E-state index contributed by atoms with van der Waals surface area (Å²) >= 11 is 0. The van der Waals surface area contributed by atoms with Gasteiger partial charge in [-0.3, -0.25) is 9.69 Å². The highest BCUT2D eigenvalue weighted by Gasteiger charge is 2.52. The summed E-state index contributed by atoms with van der Waals surface area (Å²) in [6.07, 6.45) is 7.44. The summed E-state index contributed by atoms with van der Waals surface area (Å²) in [4.78, 5) is 15.3. The highest BCUT2D eigenvalue weighted by molar-refractivity contribution is 7.86. The molecule has 6 rings (SSSR count). The predicted molar refractivity (Wildman–Crippen MR) is 126 cm³/mol. The molecule has 34 heavy (non-hydrogen) atoms. The number of fused-ring (bicyclic) bond motifs is 4. The number of piperidine rings is 1. The average Bonchev–Trinajstić information content (AvgIpc) is 3.38. The van der Waals surface area contributed by atoms with Crippen LogP contribution in [-0.2, 0) is 10.2 Å². The van der Waals surface area contributed by atoms with Gasteiger partial charge in [0.1, 0.15) is 5.76 Å². The number of rotatable bonds is 7. The Morgan fingerprint density at radius 1 is 1.06 bits per heavy atom. The zero-order chi connectivity index (χ0) is 23.6. The molecule has 9 nitrogen and oxygen atoms in total. The van der Waals surface area contributed by atoms with Crippen LogP contribution >= 0.6 is 0 Å². The van der Waals surface area contributed by atoms with Crippen LogP contribution in [0.2, 0.25) is 0 Å². The lowest BCUT2D eigenvalue weighted by molar-refractivity contribution is 0.0856. The lowest BCUT2D eigenvalue weighted by Gasteiger charge is -2.45. The van der Waals surface area contributed by atoms with Gasteiger partial charge in [-0.1, -0.05) is 19.0 Å². The van der Waals surface area contributed by atoms with Gasteiger partial charge in [0.15, 0.2) is 5.69 Å². The second kappa shape index (κ2) is 8.57. The molecule has 4 aliphatic heterocycles. The summed E-state index contributed by atoms with van der Waals surface area (Å²) in [6, 6.07) is 2.33. The maximum absolute atomic E-state index is 13.8. The Morgan fingerprint density at radius 2 is 1.68 bits per heavy atom. The van der Waals surface area contributed by atoms with Crippen LogP contribution in [0, 0.1) is 5.92 Å². The topological polar surface area (TPSA) is 99.0 Å². The Bertz CT molecular complexity index is 1010. The fraction of sp³-hybridized carbons (Fsp3) is 0.833. The van der Waals surface area contributed by atoms with Crippen molar-refractivity contribution in [2.45, 2.75) is 101 Å². The molecule has 5 fully saturated rings. The van der Waals surface area contributed by atoms with Gasteiger partial charge in [0.2, 0.25) is 0 Å². The van der Waals surface area contributed by atoms with E-state index >= 15 is 0 Å². The SMILES string of the molecule is CC(C)CN1C2CCC1CN(S(=O)(=O)N1[C@@H]3CC[C@H]1C[C@@H](NC(=O)c1cc(C4CC4)on1)C3)C2. The monoisotopic (exact) mass is 491 g/mol. The molecular formula is C24H37N5O4S. The van der Waals surface area contributed by atoms with Crippen molar-refractivity contribution in [3.05, 3.63) is 17.5 Å². The molecule has 0 radical (unpaired) electrons. The Morgan fingerprint density at radius 3 is 2.26 bits per heavy atom. The van der Waals surface area contributed by atoms with Crippen molar-refractivity contribution in [2.75, 3.05) is 19.6 Å². The molecule has 4 saturated heterocycles. The van der Waals surface area contributed by atoms with Crippen LogP contribution < -0.4 is 5.32 Å². The second-order valence-electron chi connectivity index (χ2n) is 11.5. The molecule has 10 heteroatoms. The third-order valence-corrected chi connectivity index (χ3v) is 10.6. The third-order valence-electron chi connectivity index (χ3n) is 8.51. The lowest BCUT2D eigenvalue weighted by Crippen LogP contribution is -2.61. The van der Waals surface area contributed by atoms with E-state index in [-0.39, 0.29) is 24.0 Å². The summed E-state index contributed by atoms with van der Waals surface area (Å²) < 4.78 is 36.5. The Hall–Kier alpha value is -1.49. The lowest BCUT2D eigenvalue weighted by atomic mass is 9.99. The zero-order valence-electron chi connectivity index (χ0n) is 20.2. The van der Waals surface area contributed by atoms with Gasteiger partial charge in [-0.15, -0.1) is 0 Å². The molecule has 188 valence electrons. The van der Waals surface area contributed by atoms with Gasteiger partial charge in [0.25, 0.3) is 16.1 Å². The zero-order valence-corrected chi connectivity index (χ0v) is 21.0. The molecule has 4 bridgehead atoms. The van der Waals surface area contributed by atoms with Crippen molar-refractivity contribution in [1.29, 1.82) is 0 Å². The summed E-state index contributed by atoms with van der Waals surface area (Å²) in [6.45, 7) is 6.73. The number of carbonyl (C=O) groups excluding carboxylic acids is 1. The maximum atomic E-state index is 13.8. The van der Waals surface area contributed by atoms with Crippen molar-refractivity contribution < 1.29 is 17.7 Å². The van der Waals surface area contributed by atoms with E-state index in [0.29, 0.717) is 55.5 Å². The number of nitrogens with one attached hydrogen (secondary N) is 1. The van der Waals surface area contributed by atoms with Crippen molar-refractivity contribution in [3.8, 4) is 0 Å². The van der Waals surface area contributed by atoms with E-state index in [4.69, 9.17) is 4.52 Å². The largest absolute Gasteiger partial charge is 0.360 e. The number of hydrogen-bond acceptors (Lipinski definition) is 6. The first-order valence-electron chi connectivity index (χ1n) is 13.1. The van der Waals surface area contributed by atoms with Crippen molar-refractivity contribution in [2.24, 2.45) is 5.92 Å². The first-order valence-corrected chi connectivity index (χ1v) is 14.5. The summed E-state index contributed by atoms with van der Waals surface area (Å²) in [5.41, 5.74) is 0.332. The average molecular weight is 492 g/mol. The van der Waals surface area contributed by atoms with Crippen LogP contribution in [0.25, 0.3) is 0 Å². The van der Waals surface area contributed by atoms with Crippen LogP contribution in [0.15, 0.2) is 10.6 Å². The van der Waals surface area contributed by atoms with E-state index in [1.807, 2.05) is 0 Å². The van der Waals surface area contributed by atoms with Crippen LogP contribution in [0.1, 0.15) is 87.4 Å². The number of piperazine rings is 1. The summed E-state index contributed by atoms with van der Waals surface area (Å²) in [7, 11) is -3.50. The second-order valence-corrected chi connectivity index (χ2v) is 13.4. The summed E-state index contributed by atoms with van der Waals surface area (Å²) in [5, 5.41) is 7.06. The molecular weight excluding hydrogens is 454 g/mol. The van der Waals surface area contributed by atoms with Gasteiger partial charge >= 0.3 is 0 Å². The summed E-state index contributed by atoms with van der Waals surface area (Å²) in [5.74, 6) is 1.59. The first-order chi connectivity index (χ1) is 16.3. The Balaban J connectivity index is 1.10. The third kappa shape index (κ3) is 4.10. The van der Waals surface area contributed by atoms with Crippen LogP contribution in [0.3, 0.4) is 0 Å². The van der Waals surface area contributed by atoms with Crippen LogP contribution in [0.5, 0.6) is 0 Å². The van der Waals surface area contributed by atoms with Crippen molar-refractivity contribution in [3.63, 3.8) is 0 Å². The normalized spacial score (nSPS) is 34.7. The van der Waals surface area contributed by atoms with Gasteiger partial charge in [0.05, 0.1) is 0 Å². The molecule has 1 amide bonds. The van der Waals surface area contributed by atoms with Gasteiger partial charge in [-0.05, 0) is 57.3 Å². The molecule has 1 N–H and O–H groups in total. The number of nitrogens with zero attached hydrogens (tertiary/aromatic N) is 4. The van der Waals surface area contributed by atoms with Gasteiger partial charge in [0, 0.05) is 61.8 Å². The smallest absolute Gasteiger partial charge is 0.282 e. The number of hydrogen-bond donors (Lipinski definition) is 1. The molecule has 1 aliphatic carbocycles. The van der Waals surface area contributed by atoms with E-state index in [0.717, 1.165) is 50.8 Å². The standard InChI is InChI=1S/C24H37N5O4S/c1-15(2)12-28-20-7-8-21(28)14-27(13-20)34(31,32)29-18-5-6-19(29)10-17(9-18)25-24(30)22-11-23(33-26-22)16-3-4-16/h11,15-21H,3-10,12-14H2,1-2H3,(H,25,30)/t17-,18+,19-,20?,21?. The fourth-order valence-corrected chi connectivity index (χ4v) is 8.96. The van der Waals surface area contributed by atoms with Gasteiger partial charge < -0.3 is 9.84 Å². The van der Waals surface area contributed by atoms with Crippen LogP contribution in [-0.4, -0.2) is 82.8 Å². The van der Waals surface area contributed by atoms with Crippen molar-refractivity contribution in [1.82, 2.24) is 24.0 Å². The molecule has 1 saturated carbocycles. The highest BCUT2D eigenvalue weighted by Crippen LogP contribution is 2.42. The van der Waals surface area contributed by atoms with E-state index < -0.39 is 10.2 Å². The van der Waals surface area contributed by atoms with Gasteiger partial charge in [-0.25, -0.2) is 0 Å². The quantitative estimate of drug-likeness (QED) is 0.629. The van der Waals surface area contributed by atoms with Crippen LogP contribution in [0.4, 0.5) is 0 Å². The molecule has 5 heterocycles.